The van der Waals surface area contributed by atoms with Crippen molar-refractivity contribution in [1.29, 1.82) is 0 Å². The lowest BCUT2D eigenvalue weighted by Gasteiger charge is -2.42. The highest BCUT2D eigenvalue weighted by Crippen LogP contribution is 2.33. The van der Waals surface area contributed by atoms with Crippen LogP contribution in [0.25, 0.3) is 0 Å². The molecule has 1 aliphatic carbocycles. The van der Waals surface area contributed by atoms with Gasteiger partial charge in [0, 0.05) is 49.4 Å². The summed E-state index contributed by atoms with van der Waals surface area (Å²) in [6, 6.07) is 2.04. The average Bonchev–Trinajstić information content (AvgIpc) is 2.60. The summed E-state index contributed by atoms with van der Waals surface area (Å²) in [5.41, 5.74) is 7.07. The maximum absolute atomic E-state index is 13.0. The van der Waals surface area contributed by atoms with Crippen LogP contribution in [0.2, 0.25) is 0 Å². The number of nitrogens with two attached hydrogens (primary N) is 1. The number of anilines is 1. The Hall–Kier alpha value is -1.11. The Morgan fingerprint density at radius 1 is 1.18 bits per heavy atom. The van der Waals surface area contributed by atoms with E-state index in [0.29, 0.717) is 5.92 Å². The van der Waals surface area contributed by atoms with Crippen molar-refractivity contribution in [2.24, 2.45) is 11.7 Å². The normalized spacial score (nSPS) is 25.1. The number of amides is 1. The van der Waals surface area contributed by atoms with E-state index in [-0.39, 0.29) is 42.2 Å². The van der Waals surface area contributed by atoms with Crippen molar-refractivity contribution in [3.8, 4) is 0 Å². The lowest BCUT2D eigenvalue weighted by atomic mass is 9.74. The Labute approximate surface area is 181 Å². The fourth-order valence-electron chi connectivity index (χ4n) is 4.13. The van der Waals surface area contributed by atoms with Crippen LogP contribution in [-0.4, -0.2) is 52.5 Å². The SMILES string of the molecule is Cc1cc(N2CCN(C(=O)C3CCCCC3(C)N)CC2)nc(C(C)C)n1.Cl.Cl. The molecule has 0 aromatic carbocycles. The summed E-state index contributed by atoms with van der Waals surface area (Å²) in [7, 11) is 0. The summed E-state index contributed by atoms with van der Waals surface area (Å²) < 4.78 is 0. The number of carbonyl (C=O) groups excluding carboxylic acids is 1. The van der Waals surface area contributed by atoms with Crippen LogP contribution in [0, 0.1) is 12.8 Å². The van der Waals surface area contributed by atoms with Crippen molar-refractivity contribution in [2.45, 2.75) is 64.8 Å². The van der Waals surface area contributed by atoms with Gasteiger partial charge in [0.05, 0.1) is 5.92 Å². The molecule has 2 aliphatic rings. The first-order valence-corrected chi connectivity index (χ1v) is 9.96. The third kappa shape index (κ3) is 5.49. The number of piperazine rings is 1. The second-order valence-electron chi connectivity index (χ2n) is 8.50. The van der Waals surface area contributed by atoms with Crippen LogP contribution >= 0.6 is 24.8 Å². The van der Waals surface area contributed by atoms with Crippen LogP contribution < -0.4 is 10.6 Å². The molecule has 160 valence electrons. The van der Waals surface area contributed by atoms with Gasteiger partial charge in [0.15, 0.2) is 0 Å². The molecule has 8 heteroatoms. The molecule has 1 saturated heterocycles. The first-order valence-electron chi connectivity index (χ1n) is 9.96. The van der Waals surface area contributed by atoms with Gasteiger partial charge in [0.25, 0.3) is 0 Å². The molecule has 2 atom stereocenters. The highest BCUT2D eigenvalue weighted by atomic mass is 35.5. The average molecular weight is 432 g/mol. The first kappa shape index (κ1) is 24.9. The number of rotatable bonds is 3. The molecular weight excluding hydrogens is 397 g/mol. The predicted molar refractivity (Wildman–Crippen MR) is 119 cm³/mol. The van der Waals surface area contributed by atoms with Crippen LogP contribution in [0.1, 0.15) is 63.9 Å². The molecule has 0 spiro atoms. The van der Waals surface area contributed by atoms with Gasteiger partial charge in [-0.3, -0.25) is 4.79 Å². The molecule has 2 heterocycles. The highest BCUT2D eigenvalue weighted by molar-refractivity contribution is 5.85. The zero-order valence-corrected chi connectivity index (χ0v) is 19.1. The van der Waals surface area contributed by atoms with Gasteiger partial charge in [-0.05, 0) is 26.7 Å². The molecule has 2 N–H and O–H groups in total. The lowest BCUT2D eigenvalue weighted by molar-refractivity contribution is -0.139. The summed E-state index contributed by atoms with van der Waals surface area (Å²) in [5.74, 6) is 2.40. The number of hydrogen-bond donors (Lipinski definition) is 1. The maximum Gasteiger partial charge on any atom is 0.227 e. The van der Waals surface area contributed by atoms with E-state index in [1.807, 2.05) is 24.8 Å². The molecular formula is C20H35Cl2N5O. The third-order valence-corrected chi connectivity index (χ3v) is 5.84. The molecule has 1 amide bonds. The number of carbonyl (C=O) groups is 1. The van der Waals surface area contributed by atoms with E-state index in [2.05, 4.69) is 23.7 Å². The van der Waals surface area contributed by atoms with Crippen LogP contribution in [0.4, 0.5) is 5.82 Å². The Balaban J connectivity index is 0.00000196. The van der Waals surface area contributed by atoms with Crippen LogP contribution in [0.5, 0.6) is 0 Å². The van der Waals surface area contributed by atoms with Crippen LogP contribution in [0.15, 0.2) is 6.07 Å². The van der Waals surface area contributed by atoms with Gasteiger partial charge >= 0.3 is 0 Å². The van der Waals surface area contributed by atoms with Gasteiger partial charge in [-0.2, -0.15) is 0 Å². The Morgan fingerprint density at radius 3 is 2.39 bits per heavy atom. The first-order chi connectivity index (χ1) is 12.3. The minimum atomic E-state index is -0.359. The second-order valence-corrected chi connectivity index (χ2v) is 8.50. The zero-order valence-electron chi connectivity index (χ0n) is 17.5. The van der Waals surface area contributed by atoms with E-state index >= 15 is 0 Å². The summed E-state index contributed by atoms with van der Waals surface area (Å²) in [4.78, 5) is 26.6. The second kappa shape index (κ2) is 10.1. The number of aromatic nitrogens is 2. The van der Waals surface area contributed by atoms with E-state index in [0.717, 1.165) is 69.2 Å². The Bertz CT molecular complexity index is 660. The third-order valence-electron chi connectivity index (χ3n) is 5.84. The molecule has 1 aliphatic heterocycles. The van der Waals surface area contributed by atoms with E-state index in [1.165, 1.54) is 0 Å². The molecule has 2 unspecified atom stereocenters. The molecule has 3 rings (SSSR count). The molecule has 1 saturated carbocycles. The van der Waals surface area contributed by atoms with Gasteiger partial charge in [0.2, 0.25) is 5.91 Å². The molecule has 0 bridgehead atoms. The fourth-order valence-corrected chi connectivity index (χ4v) is 4.13. The van der Waals surface area contributed by atoms with Gasteiger partial charge in [-0.15, -0.1) is 24.8 Å². The lowest BCUT2D eigenvalue weighted by Crippen LogP contribution is -2.57. The largest absolute Gasteiger partial charge is 0.353 e. The van der Waals surface area contributed by atoms with Gasteiger partial charge in [-0.25, -0.2) is 9.97 Å². The Morgan fingerprint density at radius 2 is 1.82 bits per heavy atom. The number of halogens is 2. The quantitative estimate of drug-likeness (QED) is 0.793. The van der Waals surface area contributed by atoms with Crippen molar-refractivity contribution >= 4 is 36.5 Å². The van der Waals surface area contributed by atoms with E-state index < -0.39 is 0 Å². The van der Waals surface area contributed by atoms with Crippen molar-refractivity contribution in [3.63, 3.8) is 0 Å². The van der Waals surface area contributed by atoms with E-state index in [4.69, 9.17) is 10.7 Å². The molecule has 0 radical (unpaired) electrons. The summed E-state index contributed by atoms with van der Waals surface area (Å²) in [5, 5.41) is 0. The van der Waals surface area contributed by atoms with Crippen molar-refractivity contribution in [2.75, 3.05) is 31.1 Å². The van der Waals surface area contributed by atoms with Crippen molar-refractivity contribution in [1.82, 2.24) is 14.9 Å². The van der Waals surface area contributed by atoms with E-state index in [1.54, 1.807) is 0 Å². The van der Waals surface area contributed by atoms with Gasteiger partial charge in [0.1, 0.15) is 11.6 Å². The maximum atomic E-state index is 13.0. The number of nitrogens with zero attached hydrogens (tertiary/aromatic N) is 4. The minimum Gasteiger partial charge on any atom is -0.353 e. The molecule has 28 heavy (non-hydrogen) atoms. The molecule has 6 nitrogen and oxygen atoms in total. The molecule has 2 fully saturated rings. The Kier molecular flexibility index (Phi) is 8.97. The predicted octanol–water partition coefficient (Wildman–Crippen LogP) is 3.31. The van der Waals surface area contributed by atoms with Crippen LogP contribution in [-0.2, 0) is 4.79 Å². The van der Waals surface area contributed by atoms with Gasteiger partial charge in [-0.1, -0.05) is 26.7 Å². The topological polar surface area (TPSA) is 75.3 Å². The van der Waals surface area contributed by atoms with Crippen molar-refractivity contribution < 1.29 is 4.79 Å². The van der Waals surface area contributed by atoms with E-state index in [9.17, 15) is 4.79 Å². The summed E-state index contributed by atoms with van der Waals surface area (Å²) in [6.45, 7) is 11.4. The molecule has 1 aromatic rings. The highest BCUT2D eigenvalue weighted by Gasteiger charge is 2.40. The van der Waals surface area contributed by atoms with Gasteiger partial charge < -0.3 is 15.5 Å². The monoisotopic (exact) mass is 431 g/mol. The fraction of sp³-hybridized carbons (Fsp3) is 0.750. The standard InChI is InChI=1S/C20H33N5O.2ClH/c1-14(2)18-22-15(3)13-17(23-18)24-9-11-25(12-10-24)19(26)16-7-5-6-8-20(16,4)21;;/h13-14,16H,5-12,21H2,1-4H3;2*1H. The summed E-state index contributed by atoms with van der Waals surface area (Å²) in [6.07, 6.45) is 4.12. The number of aryl methyl sites for hydroxylation is 1. The zero-order chi connectivity index (χ0) is 18.9. The smallest absolute Gasteiger partial charge is 0.227 e. The van der Waals surface area contributed by atoms with Crippen LogP contribution in [0.3, 0.4) is 0 Å². The van der Waals surface area contributed by atoms with Crippen molar-refractivity contribution in [3.05, 3.63) is 17.6 Å². The number of hydrogen-bond acceptors (Lipinski definition) is 5. The minimum absolute atomic E-state index is 0. The summed E-state index contributed by atoms with van der Waals surface area (Å²) >= 11 is 0. The molecule has 1 aromatic heterocycles.